The molecule has 1 amide bonds. The lowest BCUT2D eigenvalue weighted by Crippen LogP contribution is -2.24. The van der Waals surface area contributed by atoms with E-state index < -0.39 is 10.0 Å². The third-order valence-electron chi connectivity index (χ3n) is 4.15. The molecule has 9 heteroatoms. The summed E-state index contributed by atoms with van der Waals surface area (Å²) < 4.78 is 27.2. The van der Waals surface area contributed by atoms with Crippen LogP contribution < -0.4 is 5.32 Å². The van der Waals surface area contributed by atoms with Crippen LogP contribution in [0, 0.1) is 0 Å². The first kappa shape index (κ1) is 19.0. The number of carbonyl (C=O) groups excluding carboxylic acids is 1. The standard InChI is InChI=1S/C18H21N5O3S/c1-22(2)27(25,26)15-8-9-17-16(12-15)20-21-23(17)11-10-18(24)19-13-14-6-4-3-5-7-14/h3-9,12H,10-11,13H2,1-2H3,(H,19,24). The maximum Gasteiger partial charge on any atom is 0.242 e. The average molecular weight is 387 g/mol. The molecule has 0 aliphatic rings. The molecule has 8 nitrogen and oxygen atoms in total. The van der Waals surface area contributed by atoms with Crippen molar-refractivity contribution in [2.24, 2.45) is 0 Å². The number of amides is 1. The fourth-order valence-electron chi connectivity index (χ4n) is 2.58. The number of nitrogens with one attached hydrogen (secondary N) is 1. The summed E-state index contributed by atoms with van der Waals surface area (Å²) >= 11 is 0. The van der Waals surface area contributed by atoms with Gasteiger partial charge < -0.3 is 5.32 Å². The second-order valence-electron chi connectivity index (χ2n) is 6.26. The zero-order chi connectivity index (χ0) is 19.4. The zero-order valence-corrected chi connectivity index (χ0v) is 16.0. The number of carbonyl (C=O) groups is 1. The fraction of sp³-hybridized carbons (Fsp3) is 0.278. The first-order chi connectivity index (χ1) is 12.9. The molecule has 0 spiro atoms. The molecule has 1 N–H and O–H groups in total. The summed E-state index contributed by atoms with van der Waals surface area (Å²) in [6.45, 7) is 0.834. The highest BCUT2D eigenvalue weighted by molar-refractivity contribution is 7.89. The van der Waals surface area contributed by atoms with E-state index in [1.54, 1.807) is 10.7 Å². The van der Waals surface area contributed by atoms with Gasteiger partial charge in [0.2, 0.25) is 15.9 Å². The van der Waals surface area contributed by atoms with Gasteiger partial charge in [0, 0.05) is 27.1 Å². The second-order valence-corrected chi connectivity index (χ2v) is 8.41. The van der Waals surface area contributed by atoms with E-state index in [9.17, 15) is 13.2 Å². The molecule has 27 heavy (non-hydrogen) atoms. The largest absolute Gasteiger partial charge is 0.352 e. The summed E-state index contributed by atoms with van der Waals surface area (Å²) in [5.41, 5.74) is 2.19. The van der Waals surface area contributed by atoms with Gasteiger partial charge in [-0.3, -0.25) is 4.79 Å². The van der Waals surface area contributed by atoms with E-state index >= 15 is 0 Å². The van der Waals surface area contributed by atoms with Gasteiger partial charge in [0.05, 0.1) is 17.0 Å². The Hall–Kier alpha value is -2.78. The van der Waals surface area contributed by atoms with Gasteiger partial charge in [-0.25, -0.2) is 17.4 Å². The molecule has 0 bridgehead atoms. The lowest BCUT2D eigenvalue weighted by atomic mass is 10.2. The van der Waals surface area contributed by atoms with Gasteiger partial charge >= 0.3 is 0 Å². The zero-order valence-electron chi connectivity index (χ0n) is 15.2. The molecule has 0 radical (unpaired) electrons. The Morgan fingerprint density at radius 3 is 2.59 bits per heavy atom. The minimum Gasteiger partial charge on any atom is -0.352 e. The normalized spacial score (nSPS) is 11.8. The van der Waals surface area contributed by atoms with Gasteiger partial charge in [-0.15, -0.1) is 5.10 Å². The van der Waals surface area contributed by atoms with E-state index in [2.05, 4.69) is 15.6 Å². The van der Waals surface area contributed by atoms with E-state index in [4.69, 9.17) is 0 Å². The third kappa shape index (κ3) is 4.32. The van der Waals surface area contributed by atoms with Crippen LogP contribution in [0.2, 0.25) is 0 Å². The molecule has 0 fully saturated rings. The van der Waals surface area contributed by atoms with Crippen molar-refractivity contribution in [3.63, 3.8) is 0 Å². The number of nitrogens with zero attached hydrogens (tertiary/aromatic N) is 4. The molecule has 3 aromatic rings. The molecule has 142 valence electrons. The monoisotopic (exact) mass is 387 g/mol. The summed E-state index contributed by atoms with van der Waals surface area (Å²) in [7, 11) is -0.573. The Morgan fingerprint density at radius 1 is 1.15 bits per heavy atom. The van der Waals surface area contributed by atoms with Crippen LogP contribution in [0.5, 0.6) is 0 Å². The predicted octanol–water partition coefficient (Wildman–Crippen LogP) is 1.39. The summed E-state index contributed by atoms with van der Waals surface area (Å²) in [6, 6.07) is 14.3. The van der Waals surface area contributed by atoms with E-state index in [0.29, 0.717) is 24.1 Å². The molecular formula is C18H21N5O3S. The average Bonchev–Trinajstić information content (AvgIpc) is 3.07. The number of hydrogen-bond donors (Lipinski definition) is 1. The Labute approximate surface area is 157 Å². The van der Waals surface area contributed by atoms with Gasteiger partial charge in [-0.2, -0.15) is 0 Å². The number of benzene rings is 2. The van der Waals surface area contributed by atoms with Gasteiger partial charge in [-0.05, 0) is 23.8 Å². The Bertz CT molecular complexity index is 1050. The van der Waals surface area contributed by atoms with Gasteiger partial charge in [-0.1, -0.05) is 35.5 Å². The number of sulfonamides is 1. The molecule has 0 aliphatic carbocycles. The lowest BCUT2D eigenvalue weighted by Gasteiger charge is -2.11. The summed E-state index contributed by atoms with van der Waals surface area (Å²) in [4.78, 5) is 12.2. The van der Waals surface area contributed by atoms with E-state index in [0.717, 1.165) is 9.87 Å². The number of aryl methyl sites for hydroxylation is 1. The molecule has 3 rings (SSSR count). The van der Waals surface area contributed by atoms with E-state index in [1.165, 1.54) is 26.2 Å². The van der Waals surface area contributed by atoms with Crippen molar-refractivity contribution in [1.29, 1.82) is 0 Å². The molecule has 1 heterocycles. The van der Waals surface area contributed by atoms with Gasteiger partial charge in [0.1, 0.15) is 5.52 Å². The Kier molecular flexibility index (Phi) is 5.52. The van der Waals surface area contributed by atoms with Crippen LogP contribution in [0.1, 0.15) is 12.0 Å². The first-order valence-corrected chi connectivity index (χ1v) is 9.88. The Balaban J connectivity index is 1.65. The van der Waals surface area contributed by atoms with Gasteiger partial charge in [0.25, 0.3) is 0 Å². The van der Waals surface area contributed by atoms with Crippen LogP contribution in [0.3, 0.4) is 0 Å². The van der Waals surface area contributed by atoms with Crippen molar-refractivity contribution in [1.82, 2.24) is 24.6 Å². The lowest BCUT2D eigenvalue weighted by molar-refractivity contribution is -0.121. The number of hydrogen-bond acceptors (Lipinski definition) is 5. The molecule has 0 saturated carbocycles. The van der Waals surface area contributed by atoms with Crippen LogP contribution in [-0.2, 0) is 27.9 Å². The molecule has 2 aromatic carbocycles. The topological polar surface area (TPSA) is 97.2 Å². The van der Waals surface area contributed by atoms with Crippen LogP contribution >= 0.6 is 0 Å². The van der Waals surface area contributed by atoms with Crippen LogP contribution in [0.25, 0.3) is 11.0 Å². The molecule has 0 saturated heterocycles. The van der Waals surface area contributed by atoms with Crippen molar-refractivity contribution in [2.45, 2.75) is 24.4 Å². The fourth-order valence-corrected chi connectivity index (χ4v) is 3.50. The Morgan fingerprint density at radius 2 is 1.89 bits per heavy atom. The van der Waals surface area contributed by atoms with Crippen LogP contribution in [-0.4, -0.2) is 47.7 Å². The van der Waals surface area contributed by atoms with Crippen LogP contribution in [0.15, 0.2) is 53.4 Å². The number of fused-ring (bicyclic) bond motifs is 1. The molecule has 0 aliphatic heterocycles. The van der Waals surface area contributed by atoms with Crippen molar-refractivity contribution >= 4 is 27.0 Å². The highest BCUT2D eigenvalue weighted by Gasteiger charge is 2.18. The quantitative estimate of drug-likeness (QED) is 0.661. The first-order valence-electron chi connectivity index (χ1n) is 8.44. The summed E-state index contributed by atoms with van der Waals surface area (Å²) in [5.74, 6) is -0.0886. The van der Waals surface area contributed by atoms with Crippen molar-refractivity contribution in [2.75, 3.05) is 14.1 Å². The highest BCUT2D eigenvalue weighted by atomic mass is 32.2. The maximum atomic E-state index is 12.2. The summed E-state index contributed by atoms with van der Waals surface area (Å²) in [5, 5.41) is 10.9. The molecular weight excluding hydrogens is 366 g/mol. The minimum atomic E-state index is -3.53. The van der Waals surface area contributed by atoms with E-state index in [-0.39, 0.29) is 17.2 Å². The molecule has 0 atom stereocenters. The number of aromatic nitrogens is 3. The molecule has 0 unspecified atom stereocenters. The summed E-state index contributed by atoms with van der Waals surface area (Å²) in [6.07, 6.45) is 0.253. The maximum absolute atomic E-state index is 12.2. The second kappa shape index (κ2) is 7.85. The van der Waals surface area contributed by atoms with Crippen LogP contribution in [0.4, 0.5) is 0 Å². The SMILES string of the molecule is CN(C)S(=O)(=O)c1ccc2c(c1)nnn2CCC(=O)NCc1ccccc1. The van der Waals surface area contributed by atoms with Crippen molar-refractivity contribution in [3.05, 3.63) is 54.1 Å². The molecule has 1 aromatic heterocycles. The predicted molar refractivity (Wildman–Crippen MR) is 101 cm³/mol. The third-order valence-corrected chi connectivity index (χ3v) is 5.96. The minimum absolute atomic E-state index is 0.0886. The van der Waals surface area contributed by atoms with Crippen molar-refractivity contribution < 1.29 is 13.2 Å². The van der Waals surface area contributed by atoms with Crippen molar-refractivity contribution in [3.8, 4) is 0 Å². The number of rotatable bonds is 7. The smallest absolute Gasteiger partial charge is 0.242 e. The highest BCUT2D eigenvalue weighted by Crippen LogP contribution is 2.19. The van der Waals surface area contributed by atoms with E-state index in [1.807, 2.05) is 30.3 Å². The van der Waals surface area contributed by atoms with Gasteiger partial charge in [0.15, 0.2) is 0 Å².